The molecule has 0 unspecified atom stereocenters. The van der Waals surface area contributed by atoms with E-state index in [1.54, 1.807) is 12.1 Å². The molecular weight excluding hydrogens is 266 g/mol. The van der Waals surface area contributed by atoms with Gasteiger partial charge >= 0.3 is 5.97 Å². The van der Waals surface area contributed by atoms with Gasteiger partial charge < -0.3 is 15.3 Å². The molecule has 0 aliphatic carbocycles. The SMILES string of the molecule is CCc1cc(C(=O)O)cc(NCCC2CCN(C)CC2)n1. The van der Waals surface area contributed by atoms with Gasteiger partial charge in [-0.3, -0.25) is 0 Å². The fourth-order valence-electron chi connectivity index (χ4n) is 2.74. The molecule has 1 aromatic rings. The molecule has 0 bridgehead atoms. The van der Waals surface area contributed by atoms with E-state index in [0.29, 0.717) is 11.4 Å². The first kappa shape index (κ1) is 15.8. The predicted molar refractivity (Wildman–Crippen MR) is 83.9 cm³/mol. The Morgan fingerprint density at radius 2 is 2.14 bits per heavy atom. The van der Waals surface area contributed by atoms with Gasteiger partial charge in [0.2, 0.25) is 0 Å². The van der Waals surface area contributed by atoms with Crippen molar-refractivity contribution in [3.8, 4) is 0 Å². The van der Waals surface area contributed by atoms with Crippen molar-refractivity contribution in [2.24, 2.45) is 5.92 Å². The monoisotopic (exact) mass is 291 g/mol. The molecule has 1 aliphatic rings. The maximum atomic E-state index is 11.1. The Morgan fingerprint density at radius 3 is 2.76 bits per heavy atom. The van der Waals surface area contributed by atoms with Crippen LogP contribution < -0.4 is 5.32 Å². The molecule has 1 aromatic heterocycles. The molecular formula is C16H25N3O2. The minimum atomic E-state index is -0.898. The Bertz CT molecular complexity index is 482. The van der Waals surface area contributed by atoms with Gasteiger partial charge in [0, 0.05) is 12.2 Å². The van der Waals surface area contributed by atoms with Crippen LogP contribution in [-0.2, 0) is 6.42 Å². The summed E-state index contributed by atoms with van der Waals surface area (Å²) >= 11 is 0. The summed E-state index contributed by atoms with van der Waals surface area (Å²) in [7, 11) is 2.17. The van der Waals surface area contributed by atoms with Crippen molar-refractivity contribution in [2.75, 3.05) is 32.0 Å². The maximum absolute atomic E-state index is 11.1. The summed E-state index contributed by atoms with van der Waals surface area (Å²) in [5.41, 5.74) is 1.13. The molecule has 0 saturated carbocycles. The predicted octanol–water partition coefficient (Wildman–Crippen LogP) is 2.49. The molecule has 0 radical (unpaired) electrons. The molecule has 1 saturated heterocycles. The number of hydrogen-bond acceptors (Lipinski definition) is 4. The molecule has 2 rings (SSSR count). The average Bonchev–Trinajstić information content (AvgIpc) is 2.49. The first-order valence-corrected chi connectivity index (χ1v) is 7.75. The van der Waals surface area contributed by atoms with E-state index in [-0.39, 0.29) is 0 Å². The van der Waals surface area contributed by atoms with E-state index in [4.69, 9.17) is 5.11 Å². The summed E-state index contributed by atoms with van der Waals surface area (Å²) in [5.74, 6) is 0.548. The lowest BCUT2D eigenvalue weighted by molar-refractivity contribution is 0.0696. The molecule has 0 atom stereocenters. The Morgan fingerprint density at radius 1 is 1.43 bits per heavy atom. The molecule has 116 valence electrons. The van der Waals surface area contributed by atoms with E-state index in [2.05, 4.69) is 22.2 Å². The fourth-order valence-corrected chi connectivity index (χ4v) is 2.74. The van der Waals surface area contributed by atoms with Gasteiger partial charge in [-0.15, -0.1) is 0 Å². The third-order valence-corrected chi connectivity index (χ3v) is 4.18. The minimum absolute atomic E-state index is 0.309. The van der Waals surface area contributed by atoms with Gasteiger partial charge in [0.1, 0.15) is 5.82 Å². The van der Waals surface area contributed by atoms with Crippen LogP contribution in [0.1, 0.15) is 42.2 Å². The summed E-state index contributed by atoms with van der Waals surface area (Å²) in [6.07, 6.45) is 4.36. The third kappa shape index (κ3) is 4.70. The summed E-state index contributed by atoms with van der Waals surface area (Å²) < 4.78 is 0. The highest BCUT2D eigenvalue weighted by molar-refractivity contribution is 5.88. The first-order valence-electron chi connectivity index (χ1n) is 7.75. The second-order valence-electron chi connectivity index (χ2n) is 5.85. The van der Waals surface area contributed by atoms with Gasteiger partial charge in [-0.2, -0.15) is 0 Å². The minimum Gasteiger partial charge on any atom is -0.478 e. The second kappa shape index (κ2) is 7.41. The summed E-state index contributed by atoms with van der Waals surface area (Å²) in [6.45, 7) is 5.19. The number of aromatic carboxylic acids is 1. The third-order valence-electron chi connectivity index (χ3n) is 4.18. The molecule has 0 aromatic carbocycles. The second-order valence-corrected chi connectivity index (χ2v) is 5.85. The van der Waals surface area contributed by atoms with Crippen LogP contribution in [0.2, 0.25) is 0 Å². The molecule has 0 amide bonds. The van der Waals surface area contributed by atoms with Gasteiger partial charge in [0.25, 0.3) is 0 Å². The van der Waals surface area contributed by atoms with E-state index >= 15 is 0 Å². The number of piperidine rings is 1. The van der Waals surface area contributed by atoms with Gasteiger partial charge in [0.15, 0.2) is 0 Å². The molecule has 2 heterocycles. The van der Waals surface area contributed by atoms with E-state index in [0.717, 1.165) is 31.0 Å². The normalized spacial score (nSPS) is 16.9. The summed E-state index contributed by atoms with van der Waals surface area (Å²) in [4.78, 5) is 17.9. The molecule has 1 fully saturated rings. The number of carboxylic acid groups (broad SMARTS) is 1. The number of aryl methyl sites for hydroxylation is 1. The van der Waals surface area contributed by atoms with Gasteiger partial charge in [-0.05, 0) is 63.9 Å². The number of carbonyl (C=O) groups is 1. The van der Waals surface area contributed by atoms with Gasteiger partial charge in [0.05, 0.1) is 5.56 Å². The topological polar surface area (TPSA) is 65.5 Å². The van der Waals surface area contributed by atoms with Crippen molar-refractivity contribution in [1.29, 1.82) is 0 Å². The van der Waals surface area contributed by atoms with Crippen LogP contribution >= 0.6 is 0 Å². The van der Waals surface area contributed by atoms with E-state index in [1.165, 1.54) is 25.9 Å². The van der Waals surface area contributed by atoms with Gasteiger partial charge in [-0.25, -0.2) is 9.78 Å². The van der Waals surface area contributed by atoms with Crippen LogP contribution in [0.3, 0.4) is 0 Å². The van der Waals surface area contributed by atoms with E-state index in [1.807, 2.05) is 6.92 Å². The smallest absolute Gasteiger partial charge is 0.335 e. The molecule has 0 spiro atoms. The zero-order chi connectivity index (χ0) is 15.2. The zero-order valence-corrected chi connectivity index (χ0v) is 12.9. The lowest BCUT2D eigenvalue weighted by atomic mass is 9.94. The molecule has 21 heavy (non-hydrogen) atoms. The number of hydrogen-bond donors (Lipinski definition) is 2. The number of anilines is 1. The lowest BCUT2D eigenvalue weighted by Gasteiger charge is -2.28. The highest BCUT2D eigenvalue weighted by Gasteiger charge is 2.16. The van der Waals surface area contributed by atoms with Crippen LogP contribution in [0, 0.1) is 5.92 Å². The number of nitrogens with zero attached hydrogens (tertiary/aromatic N) is 2. The molecule has 5 nitrogen and oxygen atoms in total. The zero-order valence-electron chi connectivity index (χ0n) is 12.9. The standard InChI is InChI=1S/C16H25N3O2/c1-3-14-10-13(16(20)21)11-15(18-14)17-7-4-12-5-8-19(2)9-6-12/h10-12H,3-9H2,1-2H3,(H,17,18)(H,20,21). The van der Waals surface area contributed by atoms with Crippen LogP contribution in [0.4, 0.5) is 5.82 Å². The number of nitrogens with one attached hydrogen (secondary N) is 1. The molecule has 2 N–H and O–H groups in total. The molecule has 5 heteroatoms. The highest BCUT2D eigenvalue weighted by Crippen LogP contribution is 2.19. The first-order chi connectivity index (χ1) is 10.1. The van der Waals surface area contributed by atoms with Crippen molar-refractivity contribution >= 4 is 11.8 Å². The molecule has 1 aliphatic heterocycles. The van der Waals surface area contributed by atoms with E-state index in [9.17, 15) is 4.79 Å². The Balaban J connectivity index is 1.87. The van der Waals surface area contributed by atoms with E-state index < -0.39 is 5.97 Å². The Labute approximate surface area is 126 Å². The number of carboxylic acids is 1. The Kier molecular flexibility index (Phi) is 5.56. The highest BCUT2D eigenvalue weighted by atomic mass is 16.4. The van der Waals surface area contributed by atoms with Crippen LogP contribution in [0.15, 0.2) is 12.1 Å². The van der Waals surface area contributed by atoms with Crippen molar-refractivity contribution in [3.05, 3.63) is 23.4 Å². The van der Waals surface area contributed by atoms with Gasteiger partial charge in [-0.1, -0.05) is 6.92 Å². The maximum Gasteiger partial charge on any atom is 0.335 e. The summed E-state index contributed by atoms with van der Waals surface area (Å²) in [5, 5.41) is 12.4. The van der Waals surface area contributed by atoms with Crippen molar-refractivity contribution in [1.82, 2.24) is 9.88 Å². The fraction of sp³-hybridized carbons (Fsp3) is 0.625. The quantitative estimate of drug-likeness (QED) is 0.843. The van der Waals surface area contributed by atoms with Crippen molar-refractivity contribution in [2.45, 2.75) is 32.6 Å². The number of likely N-dealkylation sites (tertiary alicyclic amines) is 1. The van der Waals surface area contributed by atoms with Crippen LogP contribution in [-0.4, -0.2) is 47.6 Å². The Hall–Kier alpha value is -1.62. The lowest BCUT2D eigenvalue weighted by Crippen LogP contribution is -2.30. The largest absolute Gasteiger partial charge is 0.478 e. The van der Waals surface area contributed by atoms with Crippen molar-refractivity contribution in [3.63, 3.8) is 0 Å². The van der Waals surface area contributed by atoms with Crippen molar-refractivity contribution < 1.29 is 9.90 Å². The summed E-state index contributed by atoms with van der Waals surface area (Å²) in [6, 6.07) is 3.26. The van der Waals surface area contributed by atoms with Crippen LogP contribution in [0.5, 0.6) is 0 Å². The average molecular weight is 291 g/mol. The number of pyridine rings is 1. The van der Waals surface area contributed by atoms with Crippen LogP contribution in [0.25, 0.3) is 0 Å². The number of aromatic nitrogens is 1. The number of rotatable bonds is 6.